The Morgan fingerprint density at radius 1 is 1.22 bits per heavy atom. The summed E-state index contributed by atoms with van der Waals surface area (Å²) in [4.78, 5) is 22.8. The number of nitrogens with zero attached hydrogens (tertiary/aromatic N) is 1. The smallest absolute Gasteiger partial charge is 0.406 e. The first kappa shape index (κ1) is 13.2. The summed E-state index contributed by atoms with van der Waals surface area (Å²) in [7, 11) is 0. The average Bonchev–Trinajstić information content (AvgIpc) is 2.66. The molecule has 2 unspecified atom stereocenters. The fourth-order valence-electron chi connectivity index (χ4n) is 2.99. The summed E-state index contributed by atoms with van der Waals surface area (Å²) in [6, 6.07) is 0. The quantitative estimate of drug-likeness (QED) is 0.838. The van der Waals surface area contributed by atoms with Gasteiger partial charge >= 0.3 is 12.1 Å². The molecule has 2 fully saturated rings. The van der Waals surface area contributed by atoms with Crippen molar-refractivity contribution in [1.29, 1.82) is 0 Å². The number of hydrogen-bond donors (Lipinski definition) is 1. The van der Waals surface area contributed by atoms with E-state index in [1.807, 2.05) is 0 Å². The van der Waals surface area contributed by atoms with Crippen molar-refractivity contribution in [2.45, 2.75) is 25.4 Å². The van der Waals surface area contributed by atoms with Gasteiger partial charge in [0.15, 0.2) is 0 Å². The number of carbonyl (C=O) groups is 2. The van der Waals surface area contributed by atoms with Crippen LogP contribution in [0.25, 0.3) is 0 Å². The molecule has 4 nitrogen and oxygen atoms in total. The van der Waals surface area contributed by atoms with Crippen LogP contribution >= 0.6 is 0 Å². The molecule has 7 heteroatoms. The van der Waals surface area contributed by atoms with Crippen LogP contribution in [0, 0.1) is 17.8 Å². The number of hydrogen-bond acceptors (Lipinski definition) is 2. The number of fused-ring (bicyclic) bond motifs is 1. The summed E-state index contributed by atoms with van der Waals surface area (Å²) in [6.07, 6.45) is -1.81. The SMILES string of the molecule is O=C(O)CN(CC(F)(F)F)C(=O)C1C2CCCC21. The van der Waals surface area contributed by atoms with Gasteiger partial charge in [-0.05, 0) is 24.7 Å². The van der Waals surface area contributed by atoms with Crippen molar-refractivity contribution in [3.05, 3.63) is 0 Å². The fraction of sp³-hybridized carbons (Fsp3) is 0.818. The molecule has 1 amide bonds. The van der Waals surface area contributed by atoms with E-state index in [9.17, 15) is 22.8 Å². The Morgan fingerprint density at radius 3 is 2.22 bits per heavy atom. The van der Waals surface area contributed by atoms with Gasteiger partial charge in [-0.1, -0.05) is 6.42 Å². The zero-order valence-corrected chi connectivity index (χ0v) is 9.61. The van der Waals surface area contributed by atoms with Crippen LogP contribution in [0.2, 0.25) is 0 Å². The standard InChI is InChI=1S/C11H14F3NO3/c12-11(13,14)5-15(4-8(16)17)10(18)9-6-2-1-3-7(6)9/h6-7,9H,1-5H2,(H,16,17). The van der Waals surface area contributed by atoms with Crippen molar-refractivity contribution < 1.29 is 27.9 Å². The number of alkyl halides is 3. The molecule has 0 aromatic rings. The first-order valence-corrected chi connectivity index (χ1v) is 5.87. The molecule has 18 heavy (non-hydrogen) atoms. The lowest BCUT2D eigenvalue weighted by Gasteiger charge is -2.22. The third kappa shape index (κ3) is 2.76. The van der Waals surface area contributed by atoms with Crippen molar-refractivity contribution in [2.75, 3.05) is 13.1 Å². The Kier molecular flexibility index (Phi) is 3.25. The normalized spacial score (nSPS) is 29.8. The van der Waals surface area contributed by atoms with Gasteiger partial charge in [0, 0.05) is 5.92 Å². The van der Waals surface area contributed by atoms with E-state index in [0.29, 0.717) is 4.90 Å². The summed E-state index contributed by atoms with van der Waals surface area (Å²) >= 11 is 0. The van der Waals surface area contributed by atoms with Gasteiger partial charge in [0.1, 0.15) is 13.1 Å². The highest BCUT2D eigenvalue weighted by Gasteiger charge is 2.58. The Labute approximate surface area is 102 Å². The third-order valence-corrected chi connectivity index (χ3v) is 3.70. The lowest BCUT2D eigenvalue weighted by Crippen LogP contribution is -2.43. The maximum atomic E-state index is 12.3. The molecular weight excluding hydrogens is 251 g/mol. The minimum atomic E-state index is -4.56. The molecular formula is C11H14F3NO3. The Balaban J connectivity index is 1.99. The molecule has 0 bridgehead atoms. The Hall–Kier alpha value is -1.27. The van der Waals surface area contributed by atoms with Crippen molar-refractivity contribution in [3.8, 4) is 0 Å². The number of carboxylic acids is 1. The first-order valence-electron chi connectivity index (χ1n) is 5.87. The number of aliphatic carboxylic acids is 1. The second-order valence-corrected chi connectivity index (χ2v) is 4.99. The van der Waals surface area contributed by atoms with E-state index in [2.05, 4.69) is 0 Å². The summed E-state index contributed by atoms with van der Waals surface area (Å²) in [5.74, 6) is -2.08. The molecule has 0 aliphatic heterocycles. The van der Waals surface area contributed by atoms with Crippen LogP contribution in [-0.2, 0) is 9.59 Å². The van der Waals surface area contributed by atoms with E-state index in [-0.39, 0.29) is 17.8 Å². The molecule has 2 atom stereocenters. The number of rotatable bonds is 4. The monoisotopic (exact) mass is 265 g/mol. The van der Waals surface area contributed by atoms with Crippen LogP contribution in [0.5, 0.6) is 0 Å². The minimum absolute atomic E-state index is 0.182. The lowest BCUT2D eigenvalue weighted by atomic mass is 10.1. The Bertz CT molecular complexity index is 359. The number of amides is 1. The van der Waals surface area contributed by atoms with Crippen LogP contribution in [-0.4, -0.2) is 41.1 Å². The summed E-state index contributed by atoms with van der Waals surface area (Å²) in [6.45, 7) is -2.36. The first-order chi connectivity index (χ1) is 8.29. The van der Waals surface area contributed by atoms with E-state index in [1.54, 1.807) is 0 Å². The van der Waals surface area contributed by atoms with E-state index in [0.717, 1.165) is 19.3 Å². The predicted octanol–water partition coefficient (Wildman–Crippen LogP) is 1.51. The predicted molar refractivity (Wildman–Crippen MR) is 54.6 cm³/mol. The largest absolute Gasteiger partial charge is 0.480 e. The molecule has 0 aromatic heterocycles. The molecule has 0 heterocycles. The molecule has 2 aliphatic rings. The maximum Gasteiger partial charge on any atom is 0.406 e. The second-order valence-electron chi connectivity index (χ2n) is 4.99. The Morgan fingerprint density at radius 2 is 1.78 bits per heavy atom. The molecule has 0 saturated heterocycles. The van der Waals surface area contributed by atoms with Gasteiger partial charge < -0.3 is 10.0 Å². The number of carboxylic acid groups (broad SMARTS) is 1. The summed E-state index contributed by atoms with van der Waals surface area (Å²) in [5, 5.41) is 8.57. The van der Waals surface area contributed by atoms with Crippen LogP contribution in [0.4, 0.5) is 13.2 Å². The van der Waals surface area contributed by atoms with E-state index in [4.69, 9.17) is 5.11 Å². The van der Waals surface area contributed by atoms with Crippen LogP contribution in [0.15, 0.2) is 0 Å². The van der Waals surface area contributed by atoms with Crippen LogP contribution in [0.3, 0.4) is 0 Å². The molecule has 0 aromatic carbocycles. The summed E-state index contributed by atoms with van der Waals surface area (Å²) in [5.41, 5.74) is 0. The molecule has 1 N–H and O–H groups in total. The highest BCUT2D eigenvalue weighted by molar-refractivity contribution is 5.85. The van der Waals surface area contributed by atoms with Crippen molar-refractivity contribution in [1.82, 2.24) is 4.90 Å². The molecule has 2 saturated carbocycles. The topological polar surface area (TPSA) is 57.6 Å². The fourth-order valence-corrected chi connectivity index (χ4v) is 2.99. The zero-order valence-electron chi connectivity index (χ0n) is 9.61. The summed E-state index contributed by atoms with van der Waals surface area (Å²) < 4.78 is 36.9. The molecule has 0 radical (unpaired) electrons. The highest BCUT2D eigenvalue weighted by atomic mass is 19.4. The lowest BCUT2D eigenvalue weighted by molar-refractivity contribution is -0.166. The average molecular weight is 265 g/mol. The molecule has 2 rings (SSSR count). The molecule has 0 spiro atoms. The van der Waals surface area contributed by atoms with E-state index in [1.165, 1.54) is 0 Å². The van der Waals surface area contributed by atoms with Crippen molar-refractivity contribution in [2.24, 2.45) is 17.8 Å². The van der Waals surface area contributed by atoms with Gasteiger partial charge in [0.05, 0.1) is 0 Å². The highest BCUT2D eigenvalue weighted by Crippen LogP contribution is 2.58. The molecule has 2 aliphatic carbocycles. The van der Waals surface area contributed by atoms with Gasteiger partial charge in [-0.25, -0.2) is 0 Å². The zero-order chi connectivity index (χ0) is 13.5. The van der Waals surface area contributed by atoms with Crippen molar-refractivity contribution >= 4 is 11.9 Å². The van der Waals surface area contributed by atoms with Gasteiger partial charge in [-0.3, -0.25) is 9.59 Å². The second kappa shape index (κ2) is 4.44. The van der Waals surface area contributed by atoms with Crippen LogP contribution in [0.1, 0.15) is 19.3 Å². The van der Waals surface area contributed by atoms with Gasteiger partial charge in [-0.2, -0.15) is 13.2 Å². The van der Waals surface area contributed by atoms with Gasteiger partial charge in [-0.15, -0.1) is 0 Å². The third-order valence-electron chi connectivity index (χ3n) is 3.70. The van der Waals surface area contributed by atoms with Gasteiger partial charge in [0.25, 0.3) is 0 Å². The number of halogens is 3. The van der Waals surface area contributed by atoms with Crippen molar-refractivity contribution in [3.63, 3.8) is 0 Å². The maximum absolute atomic E-state index is 12.3. The molecule has 102 valence electrons. The van der Waals surface area contributed by atoms with Gasteiger partial charge in [0.2, 0.25) is 5.91 Å². The minimum Gasteiger partial charge on any atom is -0.480 e. The number of carbonyl (C=O) groups excluding carboxylic acids is 1. The van der Waals surface area contributed by atoms with Crippen LogP contribution < -0.4 is 0 Å². The van der Waals surface area contributed by atoms with E-state index < -0.39 is 31.1 Å². The van der Waals surface area contributed by atoms with E-state index >= 15 is 0 Å².